The van der Waals surface area contributed by atoms with Crippen molar-refractivity contribution < 1.29 is 32.4 Å². The van der Waals surface area contributed by atoms with E-state index >= 15 is 0 Å². The number of nitro benzene ring substituents is 1. The highest BCUT2D eigenvalue weighted by molar-refractivity contribution is 5.95. The second kappa shape index (κ2) is 8.46. The van der Waals surface area contributed by atoms with E-state index in [-0.39, 0.29) is 6.42 Å². The van der Waals surface area contributed by atoms with Crippen LogP contribution in [0.15, 0.2) is 36.5 Å². The number of pyridine rings is 1. The largest absolute Gasteiger partial charge is 0.455 e. The molecule has 2 aromatic rings. The minimum absolute atomic E-state index is 0.138. The fourth-order valence-electron chi connectivity index (χ4n) is 2.12. The molecule has 1 amide bonds. The molecule has 0 radical (unpaired) electrons. The van der Waals surface area contributed by atoms with E-state index in [1.807, 2.05) is 0 Å². The fraction of sp³-hybridized carbons (Fsp3) is 0.235. The molecule has 0 aliphatic heterocycles. The van der Waals surface area contributed by atoms with Crippen LogP contribution in [0.3, 0.4) is 0 Å². The number of esters is 1. The van der Waals surface area contributed by atoms with E-state index in [0.717, 1.165) is 11.8 Å². The summed E-state index contributed by atoms with van der Waals surface area (Å²) in [5, 5.41) is 13.0. The van der Waals surface area contributed by atoms with Crippen LogP contribution in [-0.4, -0.2) is 28.4 Å². The first-order chi connectivity index (χ1) is 13.1. The van der Waals surface area contributed by atoms with Crippen molar-refractivity contribution in [3.8, 4) is 0 Å². The molecule has 0 bridgehead atoms. The maximum Gasteiger partial charge on any atom is 0.416 e. The third-order valence-electron chi connectivity index (χ3n) is 3.48. The number of ether oxygens (including phenoxy) is 1. The van der Waals surface area contributed by atoms with Gasteiger partial charge in [0.1, 0.15) is 5.69 Å². The molecular formula is C17H14F3N3O5. The first-order valence-electron chi connectivity index (χ1n) is 7.79. The van der Waals surface area contributed by atoms with Crippen LogP contribution in [0.4, 0.5) is 24.5 Å². The van der Waals surface area contributed by atoms with E-state index < -0.39 is 46.5 Å². The summed E-state index contributed by atoms with van der Waals surface area (Å²) in [5.41, 5.74) is -1.28. The van der Waals surface area contributed by atoms with Crippen LogP contribution >= 0.6 is 0 Å². The number of alkyl halides is 3. The molecular weight excluding hydrogens is 383 g/mol. The van der Waals surface area contributed by atoms with Crippen LogP contribution in [0.1, 0.15) is 16.8 Å². The zero-order chi connectivity index (χ0) is 20.9. The number of carbonyl (C=O) groups excluding carboxylic acids is 2. The Labute approximate surface area is 156 Å². The quantitative estimate of drug-likeness (QED) is 0.456. The minimum atomic E-state index is -4.77. The Balaban J connectivity index is 1.97. The lowest BCUT2D eigenvalue weighted by atomic mass is 10.1. The molecule has 0 saturated carbocycles. The second-order valence-electron chi connectivity index (χ2n) is 5.68. The van der Waals surface area contributed by atoms with Crippen molar-refractivity contribution in [2.24, 2.45) is 0 Å². The van der Waals surface area contributed by atoms with Crippen LogP contribution < -0.4 is 5.32 Å². The number of aryl methyl sites for hydroxylation is 1. The maximum atomic E-state index is 12.7. The van der Waals surface area contributed by atoms with Crippen molar-refractivity contribution in [1.29, 1.82) is 0 Å². The van der Waals surface area contributed by atoms with Gasteiger partial charge in [-0.15, -0.1) is 0 Å². The van der Waals surface area contributed by atoms with Gasteiger partial charge in [-0.2, -0.15) is 13.2 Å². The number of carbonyl (C=O) groups is 2. The first-order valence-corrected chi connectivity index (χ1v) is 7.79. The normalized spacial score (nSPS) is 11.0. The van der Waals surface area contributed by atoms with E-state index in [1.54, 1.807) is 19.1 Å². The minimum Gasteiger partial charge on any atom is -0.455 e. The van der Waals surface area contributed by atoms with Gasteiger partial charge >= 0.3 is 12.1 Å². The molecule has 8 nitrogen and oxygen atoms in total. The standard InChI is InChI=1S/C17H14F3N3O5/c1-10-2-3-11(8-21-10)6-16(25)28-9-15(24)22-13-5-4-12(17(18,19)20)7-14(13)23(26)27/h2-5,7-8H,6,9H2,1H3,(H,22,24). The van der Waals surface area contributed by atoms with Crippen molar-refractivity contribution in [2.75, 3.05) is 11.9 Å². The smallest absolute Gasteiger partial charge is 0.416 e. The lowest BCUT2D eigenvalue weighted by Crippen LogP contribution is -2.22. The summed E-state index contributed by atoms with van der Waals surface area (Å²) in [6, 6.07) is 5.03. The molecule has 1 aromatic carbocycles. The second-order valence-corrected chi connectivity index (χ2v) is 5.68. The van der Waals surface area contributed by atoms with Gasteiger partial charge in [-0.3, -0.25) is 24.7 Å². The van der Waals surface area contributed by atoms with Gasteiger partial charge in [0.15, 0.2) is 6.61 Å². The van der Waals surface area contributed by atoms with Crippen LogP contribution in [0, 0.1) is 17.0 Å². The Morgan fingerprint density at radius 3 is 2.54 bits per heavy atom. The molecule has 1 N–H and O–H groups in total. The average molecular weight is 397 g/mol. The van der Waals surface area contributed by atoms with Crippen LogP contribution in [0.25, 0.3) is 0 Å². The van der Waals surface area contributed by atoms with E-state index in [0.29, 0.717) is 17.7 Å². The summed E-state index contributed by atoms with van der Waals surface area (Å²) in [6.07, 6.45) is -3.43. The van der Waals surface area contributed by atoms with E-state index in [1.165, 1.54) is 6.20 Å². The predicted octanol–water partition coefficient (Wildman–Crippen LogP) is 3.04. The summed E-state index contributed by atoms with van der Waals surface area (Å²) in [7, 11) is 0. The molecule has 1 heterocycles. The number of aromatic nitrogens is 1. The molecule has 11 heteroatoms. The van der Waals surface area contributed by atoms with Crippen molar-refractivity contribution in [3.63, 3.8) is 0 Å². The van der Waals surface area contributed by atoms with Crippen molar-refractivity contribution in [3.05, 3.63) is 63.5 Å². The lowest BCUT2D eigenvalue weighted by Gasteiger charge is -2.10. The molecule has 0 spiro atoms. The molecule has 0 aliphatic carbocycles. The average Bonchev–Trinajstić information content (AvgIpc) is 2.61. The van der Waals surface area contributed by atoms with Crippen molar-refractivity contribution in [2.45, 2.75) is 19.5 Å². The maximum absolute atomic E-state index is 12.7. The summed E-state index contributed by atoms with van der Waals surface area (Å²) >= 11 is 0. The molecule has 28 heavy (non-hydrogen) atoms. The molecule has 148 valence electrons. The monoisotopic (exact) mass is 397 g/mol. The third-order valence-corrected chi connectivity index (χ3v) is 3.48. The summed E-state index contributed by atoms with van der Waals surface area (Å²) in [4.78, 5) is 37.5. The number of nitrogens with one attached hydrogen (secondary N) is 1. The lowest BCUT2D eigenvalue weighted by molar-refractivity contribution is -0.384. The fourth-order valence-corrected chi connectivity index (χ4v) is 2.12. The van der Waals surface area contributed by atoms with E-state index in [4.69, 9.17) is 4.74 Å². The molecule has 0 aliphatic rings. The van der Waals surface area contributed by atoms with Gasteiger partial charge in [0.25, 0.3) is 11.6 Å². The number of rotatable bonds is 6. The summed E-state index contributed by atoms with van der Waals surface area (Å²) in [6.45, 7) is 1.02. The third kappa shape index (κ3) is 5.76. The van der Waals surface area contributed by atoms with E-state index in [9.17, 15) is 32.9 Å². The zero-order valence-electron chi connectivity index (χ0n) is 14.4. The molecule has 0 fully saturated rings. The van der Waals surface area contributed by atoms with Crippen molar-refractivity contribution >= 4 is 23.3 Å². The zero-order valence-corrected chi connectivity index (χ0v) is 14.4. The Bertz CT molecular complexity index is 898. The van der Waals surface area contributed by atoms with Gasteiger partial charge in [-0.1, -0.05) is 6.07 Å². The van der Waals surface area contributed by atoms with Crippen LogP contribution in [-0.2, 0) is 26.9 Å². The highest BCUT2D eigenvalue weighted by Gasteiger charge is 2.33. The molecule has 0 unspecified atom stereocenters. The Morgan fingerprint density at radius 2 is 1.96 bits per heavy atom. The first kappa shape index (κ1) is 20.8. The number of nitrogens with zero attached hydrogens (tertiary/aromatic N) is 2. The number of anilines is 1. The predicted molar refractivity (Wildman–Crippen MR) is 90.4 cm³/mol. The van der Waals surface area contributed by atoms with Gasteiger partial charge in [0.2, 0.25) is 0 Å². The number of hydrogen-bond acceptors (Lipinski definition) is 6. The molecule has 2 rings (SSSR count). The summed E-state index contributed by atoms with van der Waals surface area (Å²) in [5.74, 6) is -1.67. The molecule has 0 saturated heterocycles. The van der Waals surface area contributed by atoms with Crippen LogP contribution in [0.2, 0.25) is 0 Å². The highest BCUT2D eigenvalue weighted by Crippen LogP contribution is 2.34. The summed E-state index contributed by atoms with van der Waals surface area (Å²) < 4.78 is 42.8. The van der Waals surface area contributed by atoms with Crippen molar-refractivity contribution in [1.82, 2.24) is 4.98 Å². The highest BCUT2D eigenvalue weighted by atomic mass is 19.4. The topological polar surface area (TPSA) is 111 Å². The van der Waals surface area contributed by atoms with Gasteiger partial charge in [-0.05, 0) is 30.7 Å². The Hall–Kier alpha value is -3.50. The number of nitro groups is 1. The Morgan fingerprint density at radius 1 is 1.25 bits per heavy atom. The number of amides is 1. The number of hydrogen-bond donors (Lipinski definition) is 1. The number of benzene rings is 1. The van der Waals surface area contributed by atoms with Gasteiger partial charge in [0, 0.05) is 18.0 Å². The van der Waals surface area contributed by atoms with Gasteiger partial charge < -0.3 is 10.1 Å². The Kier molecular flexibility index (Phi) is 6.29. The SMILES string of the molecule is Cc1ccc(CC(=O)OCC(=O)Nc2ccc(C(F)(F)F)cc2[N+](=O)[O-])cn1. The molecule has 0 atom stereocenters. The number of halogens is 3. The van der Waals surface area contributed by atoms with Crippen LogP contribution in [0.5, 0.6) is 0 Å². The molecule has 1 aromatic heterocycles. The van der Waals surface area contributed by atoms with Gasteiger partial charge in [-0.25, -0.2) is 0 Å². The van der Waals surface area contributed by atoms with Gasteiger partial charge in [0.05, 0.1) is 16.9 Å². The van der Waals surface area contributed by atoms with E-state index in [2.05, 4.69) is 10.3 Å².